The van der Waals surface area contributed by atoms with E-state index in [1.165, 1.54) is 24.3 Å². The Morgan fingerprint density at radius 3 is 2.21 bits per heavy atom. The first-order chi connectivity index (χ1) is 11.0. The Morgan fingerprint density at radius 2 is 1.75 bits per heavy atom. The van der Waals surface area contributed by atoms with Gasteiger partial charge in [0, 0.05) is 11.9 Å². The van der Waals surface area contributed by atoms with Crippen molar-refractivity contribution >= 4 is 21.6 Å². The van der Waals surface area contributed by atoms with Crippen LogP contribution in [0.3, 0.4) is 0 Å². The van der Waals surface area contributed by atoms with Crippen LogP contribution in [0.1, 0.15) is 21.6 Å². The number of primary sulfonamides is 1. The highest BCUT2D eigenvalue weighted by Gasteiger charge is 2.32. The largest absolute Gasteiger partial charge is 0.433 e. The van der Waals surface area contributed by atoms with Crippen LogP contribution in [0.4, 0.5) is 18.9 Å². The van der Waals surface area contributed by atoms with Gasteiger partial charge in [0.15, 0.2) is 0 Å². The van der Waals surface area contributed by atoms with Crippen molar-refractivity contribution < 1.29 is 26.4 Å². The van der Waals surface area contributed by atoms with Crippen molar-refractivity contribution in [1.29, 1.82) is 0 Å². The number of nitrogens with zero attached hydrogens (tertiary/aromatic N) is 1. The molecule has 2 rings (SSSR count). The molecule has 0 fully saturated rings. The zero-order valence-corrected chi connectivity index (χ0v) is 12.9. The third-order valence-electron chi connectivity index (χ3n) is 2.90. The van der Waals surface area contributed by atoms with Gasteiger partial charge in [-0.05, 0) is 29.8 Å². The number of carbonyl (C=O) groups excluding carboxylic acids is 1. The number of benzene rings is 1. The molecule has 1 heterocycles. The summed E-state index contributed by atoms with van der Waals surface area (Å²) in [5, 5.41) is 7.39. The summed E-state index contributed by atoms with van der Waals surface area (Å²) in [5.74, 6) is -0.986. The topological polar surface area (TPSA) is 102 Å². The summed E-state index contributed by atoms with van der Waals surface area (Å²) in [7, 11) is -3.66. The molecule has 10 heteroatoms. The Kier molecular flexibility index (Phi) is 4.90. The minimum absolute atomic E-state index is 0.0448. The molecule has 1 aromatic heterocycles. The first kappa shape index (κ1) is 17.9. The third kappa shape index (κ3) is 5.03. The van der Waals surface area contributed by atoms with Crippen LogP contribution in [0.15, 0.2) is 42.6 Å². The fraction of sp³-hybridized carbons (Fsp3) is 0.143. The monoisotopic (exact) mass is 359 g/mol. The Balaban J connectivity index is 2.07. The molecular formula is C14H12F3N3O3S. The second-order valence-corrected chi connectivity index (χ2v) is 6.50. The van der Waals surface area contributed by atoms with Crippen molar-refractivity contribution in [2.24, 2.45) is 5.14 Å². The number of anilines is 1. The van der Waals surface area contributed by atoms with E-state index in [0.29, 0.717) is 17.3 Å². The molecule has 0 aliphatic heterocycles. The van der Waals surface area contributed by atoms with Crippen molar-refractivity contribution in [1.82, 2.24) is 4.98 Å². The van der Waals surface area contributed by atoms with Crippen LogP contribution in [0, 0.1) is 0 Å². The molecule has 0 spiro atoms. The molecule has 6 nitrogen and oxygen atoms in total. The maximum Gasteiger partial charge on any atom is 0.433 e. The van der Waals surface area contributed by atoms with E-state index in [0.717, 1.165) is 12.3 Å². The molecule has 1 amide bonds. The second kappa shape index (κ2) is 6.57. The van der Waals surface area contributed by atoms with E-state index in [2.05, 4.69) is 10.3 Å². The molecule has 0 aliphatic carbocycles. The quantitative estimate of drug-likeness (QED) is 0.873. The van der Waals surface area contributed by atoms with E-state index in [4.69, 9.17) is 5.14 Å². The number of rotatable bonds is 4. The number of nitrogens with one attached hydrogen (secondary N) is 1. The number of sulfonamides is 1. The Labute approximate surface area is 135 Å². The standard InChI is InChI=1S/C14H12F3N3O3S/c15-14(16,17)12-6-3-10(7-19-12)13(21)20-11-4-1-9(2-5-11)8-24(18,22)23/h1-7H,8H2,(H,20,21)(H2,18,22,23). The summed E-state index contributed by atoms with van der Waals surface area (Å²) in [4.78, 5) is 15.1. The molecule has 0 saturated carbocycles. The van der Waals surface area contributed by atoms with Crippen LogP contribution in [0.2, 0.25) is 0 Å². The Hall–Kier alpha value is -2.46. The lowest BCUT2D eigenvalue weighted by Crippen LogP contribution is -2.15. The van der Waals surface area contributed by atoms with Crippen molar-refractivity contribution in [3.8, 4) is 0 Å². The number of halogens is 3. The van der Waals surface area contributed by atoms with Crippen LogP contribution in [-0.2, 0) is 22.0 Å². The van der Waals surface area contributed by atoms with Gasteiger partial charge in [-0.25, -0.2) is 13.6 Å². The van der Waals surface area contributed by atoms with Crippen LogP contribution in [0.25, 0.3) is 0 Å². The van der Waals surface area contributed by atoms with Gasteiger partial charge in [0.05, 0.1) is 11.3 Å². The zero-order chi connectivity index (χ0) is 18.0. The van der Waals surface area contributed by atoms with Gasteiger partial charge in [0.2, 0.25) is 10.0 Å². The van der Waals surface area contributed by atoms with E-state index >= 15 is 0 Å². The van der Waals surface area contributed by atoms with Gasteiger partial charge in [-0.2, -0.15) is 13.2 Å². The molecule has 1 aromatic carbocycles. The molecule has 128 valence electrons. The smallest absolute Gasteiger partial charge is 0.322 e. The predicted octanol–water partition coefficient (Wildman–Crippen LogP) is 2.14. The molecule has 0 atom stereocenters. The van der Waals surface area contributed by atoms with Gasteiger partial charge in [0.1, 0.15) is 5.69 Å². The summed E-state index contributed by atoms with van der Waals surface area (Å²) in [6.07, 6.45) is -3.75. The number of hydrogen-bond donors (Lipinski definition) is 2. The number of aromatic nitrogens is 1. The minimum Gasteiger partial charge on any atom is -0.322 e. The van der Waals surface area contributed by atoms with Gasteiger partial charge in [-0.15, -0.1) is 0 Å². The van der Waals surface area contributed by atoms with Crippen LogP contribution in [-0.4, -0.2) is 19.3 Å². The summed E-state index contributed by atoms with van der Waals surface area (Å²) in [6.45, 7) is 0. The van der Waals surface area contributed by atoms with Crippen LogP contribution >= 0.6 is 0 Å². The number of pyridine rings is 1. The van der Waals surface area contributed by atoms with Gasteiger partial charge >= 0.3 is 6.18 Å². The molecule has 24 heavy (non-hydrogen) atoms. The molecule has 0 bridgehead atoms. The maximum absolute atomic E-state index is 12.4. The van der Waals surface area contributed by atoms with E-state index in [1.807, 2.05) is 0 Å². The van der Waals surface area contributed by atoms with Crippen molar-refractivity contribution in [2.75, 3.05) is 5.32 Å². The maximum atomic E-state index is 12.4. The number of amides is 1. The molecule has 3 N–H and O–H groups in total. The number of carbonyl (C=O) groups is 1. The van der Waals surface area contributed by atoms with Crippen molar-refractivity contribution in [2.45, 2.75) is 11.9 Å². The fourth-order valence-electron chi connectivity index (χ4n) is 1.82. The number of hydrogen-bond acceptors (Lipinski definition) is 4. The highest BCUT2D eigenvalue weighted by Crippen LogP contribution is 2.27. The summed E-state index contributed by atoms with van der Waals surface area (Å²) in [5.41, 5.74) is -0.354. The molecule has 0 saturated heterocycles. The summed E-state index contributed by atoms with van der Waals surface area (Å²) >= 11 is 0. The lowest BCUT2D eigenvalue weighted by atomic mass is 10.2. The van der Waals surface area contributed by atoms with Crippen LogP contribution in [0.5, 0.6) is 0 Å². The van der Waals surface area contributed by atoms with E-state index in [-0.39, 0.29) is 11.3 Å². The van der Waals surface area contributed by atoms with Gasteiger partial charge in [-0.1, -0.05) is 12.1 Å². The first-order valence-electron chi connectivity index (χ1n) is 6.48. The number of alkyl halides is 3. The Bertz CT molecular complexity index is 832. The third-order valence-corrected chi connectivity index (χ3v) is 3.63. The SMILES string of the molecule is NS(=O)(=O)Cc1ccc(NC(=O)c2ccc(C(F)(F)F)nc2)cc1. The highest BCUT2D eigenvalue weighted by molar-refractivity contribution is 7.88. The van der Waals surface area contributed by atoms with Gasteiger partial charge in [-0.3, -0.25) is 9.78 Å². The normalized spacial score (nSPS) is 12.0. The lowest BCUT2D eigenvalue weighted by molar-refractivity contribution is -0.141. The average molecular weight is 359 g/mol. The van der Waals surface area contributed by atoms with Gasteiger partial charge < -0.3 is 5.32 Å². The Morgan fingerprint density at radius 1 is 1.12 bits per heavy atom. The zero-order valence-electron chi connectivity index (χ0n) is 12.0. The lowest BCUT2D eigenvalue weighted by Gasteiger charge is -2.08. The molecule has 0 radical (unpaired) electrons. The van der Waals surface area contributed by atoms with Gasteiger partial charge in [0.25, 0.3) is 5.91 Å². The fourth-order valence-corrected chi connectivity index (χ4v) is 2.47. The van der Waals surface area contributed by atoms with Crippen LogP contribution < -0.4 is 10.5 Å². The average Bonchev–Trinajstić information content (AvgIpc) is 2.47. The van der Waals surface area contributed by atoms with Crippen molar-refractivity contribution in [3.05, 3.63) is 59.4 Å². The van der Waals surface area contributed by atoms with E-state index in [9.17, 15) is 26.4 Å². The predicted molar refractivity (Wildman–Crippen MR) is 80.4 cm³/mol. The second-order valence-electron chi connectivity index (χ2n) is 4.89. The summed E-state index contributed by atoms with van der Waals surface area (Å²) < 4.78 is 59.2. The first-order valence-corrected chi connectivity index (χ1v) is 8.20. The number of nitrogens with two attached hydrogens (primary N) is 1. The molecule has 0 aliphatic rings. The highest BCUT2D eigenvalue weighted by atomic mass is 32.2. The minimum atomic E-state index is -4.58. The van der Waals surface area contributed by atoms with Crippen molar-refractivity contribution in [3.63, 3.8) is 0 Å². The van der Waals surface area contributed by atoms with E-state index < -0.39 is 27.8 Å². The van der Waals surface area contributed by atoms with E-state index in [1.54, 1.807) is 0 Å². The molecule has 0 unspecified atom stereocenters. The summed E-state index contributed by atoms with van der Waals surface area (Å²) in [6, 6.07) is 7.56. The molecular weight excluding hydrogens is 347 g/mol. The molecule has 2 aromatic rings.